The van der Waals surface area contributed by atoms with Crippen LogP contribution in [-0.2, 0) is 11.3 Å². The second-order valence-corrected chi connectivity index (χ2v) is 3.92. The van der Waals surface area contributed by atoms with Gasteiger partial charge in [-0.05, 0) is 30.3 Å². The molecule has 0 saturated carbocycles. The number of hydrogen-bond acceptors (Lipinski definition) is 5. The summed E-state index contributed by atoms with van der Waals surface area (Å²) in [6.45, 7) is 1.82. The predicted molar refractivity (Wildman–Crippen MR) is 73.2 cm³/mol. The number of anilines is 1. The van der Waals surface area contributed by atoms with Gasteiger partial charge < -0.3 is 14.8 Å². The van der Waals surface area contributed by atoms with Gasteiger partial charge in [-0.15, -0.1) is 0 Å². The first-order chi connectivity index (χ1) is 9.38. The van der Waals surface area contributed by atoms with Crippen LogP contribution in [0.3, 0.4) is 0 Å². The molecule has 5 nitrogen and oxygen atoms in total. The Bertz CT molecular complexity index is 474. The molecule has 100 valence electrons. The molecule has 0 saturated heterocycles. The van der Waals surface area contributed by atoms with E-state index in [4.69, 9.17) is 9.47 Å². The summed E-state index contributed by atoms with van der Waals surface area (Å²) < 4.78 is 10.4. The first kappa shape index (κ1) is 13.3. The monoisotopic (exact) mass is 259 g/mol. The maximum Gasteiger partial charge on any atom is 0.119 e. The fourth-order valence-corrected chi connectivity index (χ4v) is 1.53. The molecule has 1 N–H and O–H groups in total. The Balaban J connectivity index is 1.81. The predicted octanol–water partition coefficient (Wildman–Crippen LogP) is 2.11. The lowest BCUT2D eigenvalue weighted by atomic mass is 10.3. The first-order valence-corrected chi connectivity index (χ1v) is 6.09. The molecule has 5 heteroatoms. The maximum atomic E-state index is 5.49. The number of methoxy groups -OCH3 is 1. The zero-order chi connectivity index (χ0) is 13.3. The lowest BCUT2D eigenvalue weighted by Crippen LogP contribution is -2.04. The van der Waals surface area contributed by atoms with Gasteiger partial charge in [-0.25, -0.2) is 9.97 Å². The van der Waals surface area contributed by atoms with Gasteiger partial charge >= 0.3 is 0 Å². The molecule has 0 aliphatic carbocycles. The highest BCUT2D eigenvalue weighted by molar-refractivity contribution is 5.46. The van der Waals surface area contributed by atoms with E-state index in [-0.39, 0.29) is 0 Å². The van der Waals surface area contributed by atoms with E-state index in [1.54, 1.807) is 19.6 Å². The first-order valence-electron chi connectivity index (χ1n) is 6.09. The topological polar surface area (TPSA) is 56.3 Å². The Labute approximate surface area is 112 Å². The average molecular weight is 259 g/mol. The van der Waals surface area contributed by atoms with Crippen molar-refractivity contribution in [3.05, 3.63) is 48.5 Å². The number of nitrogens with one attached hydrogen (secondary N) is 1. The van der Waals surface area contributed by atoms with E-state index in [1.165, 1.54) is 0 Å². The molecule has 2 rings (SSSR count). The van der Waals surface area contributed by atoms with E-state index in [2.05, 4.69) is 15.3 Å². The van der Waals surface area contributed by atoms with Gasteiger partial charge in [-0.3, -0.25) is 0 Å². The second kappa shape index (κ2) is 7.33. The van der Waals surface area contributed by atoms with Crippen LogP contribution in [0.2, 0.25) is 0 Å². The van der Waals surface area contributed by atoms with Gasteiger partial charge in [0.15, 0.2) is 0 Å². The zero-order valence-electron chi connectivity index (χ0n) is 10.9. The minimum atomic E-state index is 0.560. The molecular weight excluding hydrogens is 242 g/mol. The SMILES string of the molecule is COCCOc1ccc(NCc2ccncn2)cc1. The van der Waals surface area contributed by atoms with E-state index in [9.17, 15) is 0 Å². The summed E-state index contributed by atoms with van der Waals surface area (Å²) in [5, 5.41) is 3.28. The molecule has 0 aliphatic rings. The van der Waals surface area contributed by atoms with Gasteiger partial charge in [0, 0.05) is 19.0 Å². The zero-order valence-corrected chi connectivity index (χ0v) is 10.9. The van der Waals surface area contributed by atoms with Crippen molar-refractivity contribution in [2.75, 3.05) is 25.6 Å². The molecule has 0 aliphatic heterocycles. The summed E-state index contributed by atoms with van der Waals surface area (Å²) >= 11 is 0. The summed E-state index contributed by atoms with van der Waals surface area (Å²) in [6, 6.07) is 9.69. The van der Waals surface area contributed by atoms with Crippen molar-refractivity contribution in [2.45, 2.75) is 6.54 Å². The summed E-state index contributed by atoms with van der Waals surface area (Å²) in [6.07, 6.45) is 3.28. The van der Waals surface area contributed by atoms with Crippen LogP contribution in [0, 0.1) is 0 Å². The lowest BCUT2D eigenvalue weighted by molar-refractivity contribution is 0.146. The fourth-order valence-electron chi connectivity index (χ4n) is 1.53. The number of benzene rings is 1. The van der Waals surface area contributed by atoms with E-state index < -0.39 is 0 Å². The standard InChI is InChI=1S/C14H17N3O2/c1-18-8-9-19-14-4-2-12(3-5-14)16-10-13-6-7-15-11-17-13/h2-7,11,16H,8-10H2,1H3. The lowest BCUT2D eigenvalue weighted by Gasteiger charge is -2.08. The van der Waals surface area contributed by atoms with Gasteiger partial charge in [-0.1, -0.05) is 0 Å². The van der Waals surface area contributed by atoms with Gasteiger partial charge in [-0.2, -0.15) is 0 Å². The summed E-state index contributed by atoms with van der Waals surface area (Å²) in [5.74, 6) is 0.838. The highest BCUT2D eigenvalue weighted by Gasteiger charge is 1.97. The van der Waals surface area contributed by atoms with Gasteiger partial charge in [0.2, 0.25) is 0 Å². The molecule has 2 aromatic rings. The molecule has 0 atom stereocenters. The van der Waals surface area contributed by atoms with Crippen LogP contribution in [-0.4, -0.2) is 30.3 Å². The van der Waals surface area contributed by atoms with Crippen LogP contribution in [0.1, 0.15) is 5.69 Å². The van der Waals surface area contributed by atoms with Crippen molar-refractivity contribution >= 4 is 5.69 Å². The van der Waals surface area contributed by atoms with Gasteiger partial charge in [0.1, 0.15) is 18.7 Å². The Morgan fingerprint density at radius 3 is 2.63 bits per heavy atom. The molecule has 0 spiro atoms. The fraction of sp³-hybridized carbons (Fsp3) is 0.286. The van der Waals surface area contributed by atoms with E-state index >= 15 is 0 Å². The Kier molecular flexibility index (Phi) is 5.13. The molecule has 0 unspecified atom stereocenters. The van der Waals surface area contributed by atoms with E-state index in [0.29, 0.717) is 19.8 Å². The van der Waals surface area contributed by atoms with Crippen molar-refractivity contribution < 1.29 is 9.47 Å². The van der Waals surface area contributed by atoms with Crippen LogP contribution in [0.25, 0.3) is 0 Å². The number of rotatable bonds is 7. The Morgan fingerprint density at radius 1 is 1.11 bits per heavy atom. The second-order valence-electron chi connectivity index (χ2n) is 3.92. The molecule has 0 radical (unpaired) electrons. The molecule has 19 heavy (non-hydrogen) atoms. The molecular formula is C14H17N3O2. The van der Waals surface area contributed by atoms with Crippen LogP contribution in [0.4, 0.5) is 5.69 Å². The minimum Gasteiger partial charge on any atom is -0.491 e. The summed E-state index contributed by atoms with van der Waals surface area (Å²) in [4.78, 5) is 8.03. The highest BCUT2D eigenvalue weighted by atomic mass is 16.5. The van der Waals surface area contributed by atoms with Crippen molar-refractivity contribution in [1.29, 1.82) is 0 Å². The van der Waals surface area contributed by atoms with E-state index in [0.717, 1.165) is 17.1 Å². The number of aromatic nitrogens is 2. The Morgan fingerprint density at radius 2 is 1.95 bits per heavy atom. The third-order valence-corrected chi connectivity index (χ3v) is 2.53. The average Bonchev–Trinajstić information content (AvgIpc) is 2.48. The maximum absolute atomic E-state index is 5.49. The molecule has 0 fully saturated rings. The number of nitrogens with zero attached hydrogens (tertiary/aromatic N) is 2. The molecule has 0 amide bonds. The van der Waals surface area contributed by atoms with E-state index in [1.807, 2.05) is 30.3 Å². The number of ether oxygens (including phenoxy) is 2. The van der Waals surface area contributed by atoms with Gasteiger partial charge in [0.05, 0.1) is 18.8 Å². The van der Waals surface area contributed by atoms with Crippen molar-refractivity contribution in [2.24, 2.45) is 0 Å². The molecule has 0 bridgehead atoms. The summed E-state index contributed by atoms with van der Waals surface area (Å²) in [5.41, 5.74) is 1.98. The largest absolute Gasteiger partial charge is 0.491 e. The normalized spacial score (nSPS) is 10.2. The van der Waals surface area contributed by atoms with Crippen LogP contribution in [0.5, 0.6) is 5.75 Å². The van der Waals surface area contributed by atoms with Crippen molar-refractivity contribution in [3.8, 4) is 5.75 Å². The minimum absolute atomic E-state index is 0.560. The molecule has 1 aromatic heterocycles. The Hall–Kier alpha value is -2.14. The van der Waals surface area contributed by atoms with Crippen molar-refractivity contribution in [1.82, 2.24) is 9.97 Å². The smallest absolute Gasteiger partial charge is 0.119 e. The quantitative estimate of drug-likeness (QED) is 0.772. The van der Waals surface area contributed by atoms with Crippen LogP contribution in [0.15, 0.2) is 42.9 Å². The third-order valence-electron chi connectivity index (χ3n) is 2.53. The van der Waals surface area contributed by atoms with Crippen molar-refractivity contribution in [3.63, 3.8) is 0 Å². The summed E-state index contributed by atoms with van der Waals surface area (Å²) in [7, 11) is 1.66. The van der Waals surface area contributed by atoms with Crippen LogP contribution >= 0.6 is 0 Å². The van der Waals surface area contributed by atoms with Crippen LogP contribution < -0.4 is 10.1 Å². The highest BCUT2D eigenvalue weighted by Crippen LogP contribution is 2.16. The number of hydrogen-bond donors (Lipinski definition) is 1. The molecule has 1 heterocycles. The van der Waals surface area contributed by atoms with Gasteiger partial charge in [0.25, 0.3) is 0 Å². The molecule has 1 aromatic carbocycles. The third kappa shape index (κ3) is 4.56.